The number of carbonyl (C=O) groups is 1. The molecule has 19 heavy (non-hydrogen) atoms. The molecule has 0 bridgehead atoms. The van der Waals surface area contributed by atoms with Gasteiger partial charge in [-0.3, -0.25) is 4.79 Å². The summed E-state index contributed by atoms with van der Waals surface area (Å²) in [4.78, 5) is 12.0. The van der Waals surface area contributed by atoms with Crippen molar-refractivity contribution in [3.05, 3.63) is 23.8 Å². The maximum atomic E-state index is 12.0. The molecule has 102 valence electrons. The first-order valence-electron chi connectivity index (χ1n) is 6.36. The minimum atomic E-state index is -0.433. The maximum absolute atomic E-state index is 12.0. The second kappa shape index (κ2) is 4.42. The van der Waals surface area contributed by atoms with Crippen LogP contribution >= 0.6 is 0 Å². The van der Waals surface area contributed by atoms with Crippen molar-refractivity contribution < 1.29 is 19.0 Å². The van der Waals surface area contributed by atoms with Crippen LogP contribution in [-0.2, 0) is 9.53 Å². The molecule has 0 aromatic heterocycles. The zero-order chi connectivity index (χ0) is 13.5. The molecule has 1 aliphatic carbocycles. The number of benzene rings is 1. The molecule has 1 atom stereocenters. The molecule has 0 radical (unpaired) electrons. The van der Waals surface area contributed by atoms with E-state index in [9.17, 15) is 4.79 Å². The van der Waals surface area contributed by atoms with E-state index in [1.165, 1.54) is 7.11 Å². The number of methoxy groups -OCH3 is 1. The van der Waals surface area contributed by atoms with Gasteiger partial charge in [0.05, 0.1) is 12.5 Å². The van der Waals surface area contributed by atoms with Gasteiger partial charge in [0.1, 0.15) is 0 Å². The lowest BCUT2D eigenvalue weighted by atomic mass is 9.90. The Hall–Kier alpha value is -1.75. The van der Waals surface area contributed by atoms with Gasteiger partial charge < -0.3 is 19.5 Å². The van der Waals surface area contributed by atoms with E-state index >= 15 is 0 Å². The Bertz CT molecular complexity index is 510. The molecule has 5 nitrogen and oxygen atoms in total. The number of hydrogen-bond acceptors (Lipinski definition) is 5. The summed E-state index contributed by atoms with van der Waals surface area (Å²) in [6.07, 6.45) is 1.69. The van der Waals surface area contributed by atoms with E-state index in [1.54, 1.807) is 0 Å². The molecule has 3 rings (SSSR count). The van der Waals surface area contributed by atoms with Crippen molar-refractivity contribution in [2.45, 2.75) is 18.9 Å². The predicted octanol–water partition coefficient (Wildman–Crippen LogP) is 1.63. The van der Waals surface area contributed by atoms with E-state index in [-0.39, 0.29) is 18.8 Å². The molecule has 1 fully saturated rings. The SMILES string of the molecule is CNC(c1ccc2c(c1)OCO2)C1(C(=O)OC)CC1. The summed E-state index contributed by atoms with van der Waals surface area (Å²) in [5, 5.41) is 3.23. The number of esters is 1. The van der Waals surface area contributed by atoms with E-state index in [2.05, 4.69) is 5.32 Å². The zero-order valence-corrected chi connectivity index (χ0v) is 11.1. The van der Waals surface area contributed by atoms with E-state index in [4.69, 9.17) is 14.2 Å². The number of nitrogens with one attached hydrogen (secondary N) is 1. The minimum Gasteiger partial charge on any atom is -0.469 e. The lowest BCUT2D eigenvalue weighted by Crippen LogP contribution is -2.33. The van der Waals surface area contributed by atoms with Crippen molar-refractivity contribution in [1.29, 1.82) is 0 Å². The fourth-order valence-electron chi connectivity index (χ4n) is 2.80. The average molecular weight is 263 g/mol. The number of ether oxygens (including phenoxy) is 3. The quantitative estimate of drug-likeness (QED) is 0.837. The summed E-state index contributed by atoms with van der Waals surface area (Å²) in [7, 11) is 3.30. The van der Waals surface area contributed by atoms with E-state index in [0.29, 0.717) is 0 Å². The molecule has 0 spiro atoms. The molecule has 0 saturated heterocycles. The summed E-state index contributed by atoms with van der Waals surface area (Å²) in [6, 6.07) is 5.73. The van der Waals surface area contributed by atoms with Crippen LogP contribution in [0, 0.1) is 5.41 Å². The lowest BCUT2D eigenvalue weighted by Gasteiger charge is -2.25. The Morgan fingerprint density at radius 2 is 2.11 bits per heavy atom. The largest absolute Gasteiger partial charge is 0.469 e. The molecular weight excluding hydrogens is 246 g/mol. The van der Waals surface area contributed by atoms with Gasteiger partial charge in [-0.2, -0.15) is 0 Å². The topological polar surface area (TPSA) is 56.8 Å². The van der Waals surface area contributed by atoms with Gasteiger partial charge >= 0.3 is 5.97 Å². The van der Waals surface area contributed by atoms with E-state index in [1.807, 2.05) is 25.2 Å². The van der Waals surface area contributed by atoms with E-state index in [0.717, 1.165) is 29.9 Å². The van der Waals surface area contributed by atoms with E-state index < -0.39 is 5.41 Å². The van der Waals surface area contributed by atoms with Crippen molar-refractivity contribution >= 4 is 5.97 Å². The van der Waals surface area contributed by atoms with Crippen LogP contribution < -0.4 is 14.8 Å². The van der Waals surface area contributed by atoms with Crippen LogP contribution in [0.1, 0.15) is 24.4 Å². The van der Waals surface area contributed by atoms with Crippen molar-refractivity contribution in [3.8, 4) is 11.5 Å². The number of hydrogen-bond donors (Lipinski definition) is 1. The molecule has 2 aliphatic rings. The van der Waals surface area contributed by atoms with Gasteiger partial charge in [-0.15, -0.1) is 0 Å². The molecule has 0 amide bonds. The first-order chi connectivity index (χ1) is 9.21. The van der Waals surface area contributed by atoms with Crippen LogP contribution in [0.15, 0.2) is 18.2 Å². The van der Waals surface area contributed by atoms with Crippen molar-refractivity contribution in [2.24, 2.45) is 5.41 Å². The lowest BCUT2D eigenvalue weighted by molar-refractivity contribution is -0.148. The molecule has 5 heteroatoms. The smallest absolute Gasteiger partial charge is 0.313 e. The normalized spacial score (nSPS) is 19.9. The third kappa shape index (κ3) is 1.85. The number of rotatable bonds is 4. The van der Waals surface area contributed by atoms with Gasteiger partial charge in [-0.1, -0.05) is 6.07 Å². The number of fused-ring (bicyclic) bond motifs is 1. The minimum absolute atomic E-state index is 0.0607. The summed E-state index contributed by atoms with van der Waals surface area (Å²) in [5.74, 6) is 1.34. The molecular formula is C14H17NO4. The highest BCUT2D eigenvalue weighted by Gasteiger charge is 2.57. The van der Waals surface area contributed by atoms with Gasteiger partial charge in [0, 0.05) is 6.04 Å². The second-order valence-electron chi connectivity index (χ2n) is 4.98. The Labute approximate surface area is 111 Å². The Morgan fingerprint density at radius 1 is 1.37 bits per heavy atom. The van der Waals surface area contributed by atoms with Gasteiger partial charge in [-0.05, 0) is 37.6 Å². The Balaban J connectivity index is 1.93. The van der Waals surface area contributed by atoms with Crippen LogP contribution in [0.25, 0.3) is 0 Å². The fraction of sp³-hybridized carbons (Fsp3) is 0.500. The highest BCUT2D eigenvalue weighted by Crippen LogP contribution is 2.56. The highest BCUT2D eigenvalue weighted by atomic mass is 16.7. The first kappa shape index (κ1) is 12.3. The third-order valence-electron chi connectivity index (χ3n) is 3.95. The van der Waals surface area contributed by atoms with Crippen LogP contribution in [0.2, 0.25) is 0 Å². The first-order valence-corrected chi connectivity index (χ1v) is 6.36. The summed E-state index contributed by atoms with van der Waals surface area (Å²) in [5.41, 5.74) is 0.589. The third-order valence-corrected chi connectivity index (χ3v) is 3.95. The Morgan fingerprint density at radius 3 is 2.74 bits per heavy atom. The van der Waals surface area contributed by atoms with Crippen LogP contribution in [0.3, 0.4) is 0 Å². The molecule has 1 unspecified atom stereocenters. The van der Waals surface area contributed by atoms with Gasteiger partial charge in [0.15, 0.2) is 11.5 Å². The maximum Gasteiger partial charge on any atom is 0.313 e. The standard InChI is InChI=1S/C14H17NO4/c1-15-12(14(5-6-14)13(16)17-2)9-3-4-10-11(7-9)19-8-18-10/h3-4,7,12,15H,5-6,8H2,1-2H3. The second-order valence-corrected chi connectivity index (χ2v) is 4.98. The summed E-state index contributed by atoms with van der Waals surface area (Å²) in [6.45, 7) is 0.255. The predicted molar refractivity (Wildman–Crippen MR) is 68.0 cm³/mol. The van der Waals surface area contributed by atoms with Gasteiger partial charge in [0.25, 0.3) is 0 Å². The molecule has 1 N–H and O–H groups in total. The van der Waals surface area contributed by atoms with Gasteiger partial charge in [0.2, 0.25) is 6.79 Å². The van der Waals surface area contributed by atoms with Gasteiger partial charge in [-0.25, -0.2) is 0 Å². The summed E-state index contributed by atoms with van der Waals surface area (Å²) < 4.78 is 15.6. The molecule has 1 saturated carbocycles. The van der Waals surface area contributed by atoms with Crippen LogP contribution in [-0.4, -0.2) is 26.9 Å². The highest BCUT2D eigenvalue weighted by molar-refractivity contribution is 5.81. The molecule has 1 aliphatic heterocycles. The number of carbonyl (C=O) groups excluding carboxylic acids is 1. The molecule has 1 heterocycles. The van der Waals surface area contributed by atoms with Crippen molar-refractivity contribution in [1.82, 2.24) is 5.32 Å². The van der Waals surface area contributed by atoms with Crippen LogP contribution in [0.5, 0.6) is 11.5 Å². The molecule has 1 aromatic carbocycles. The monoisotopic (exact) mass is 263 g/mol. The average Bonchev–Trinajstić information content (AvgIpc) is 3.09. The Kier molecular flexibility index (Phi) is 2.86. The van der Waals surface area contributed by atoms with Crippen LogP contribution in [0.4, 0.5) is 0 Å². The van der Waals surface area contributed by atoms with Crippen molar-refractivity contribution in [3.63, 3.8) is 0 Å². The fourth-order valence-corrected chi connectivity index (χ4v) is 2.80. The molecule has 1 aromatic rings. The summed E-state index contributed by atoms with van der Waals surface area (Å²) >= 11 is 0. The zero-order valence-electron chi connectivity index (χ0n) is 11.1. The van der Waals surface area contributed by atoms with Crippen molar-refractivity contribution in [2.75, 3.05) is 21.0 Å².